The number of nitrogens with two attached hydrogens (primary N) is 1. The molecule has 0 spiro atoms. The fraction of sp³-hybridized carbons (Fsp3) is 0.294. The van der Waals surface area contributed by atoms with Gasteiger partial charge in [0.05, 0.1) is 13.7 Å². The average molecular weight is 287 g/mol. The summed E-state index contributed by atoms with van der Waals surface area (Å²) in [6, 6.07) is 10.4. The van der Waals surface area contributed by atoms with Gasteiger partial charge in [0, 0.05) is 11.5 Å². The van der Waals surface area contributed by atoms with Crippen LogP contribution in [-0.2, 0) is 0 Å². The summed E-state index contributed by atoms with van der Waals surface area (Å²) >= 11 is 0. The quantitative estimate of drug-likeness (QED) is 0.941. The van der Waals surface area contributed by atoms with E-state index in [1.807, 2.05) is 18.2 Å². The van der Waals surface area contributed by atoms with Gasteiger partial charge in [-0.2, -0.15) is 0 Å². The first kappa shape index (κ1) is 13.9. The predicted octanol–water partition coefficient (Wildman–Crippen LogP) is 3.33. The van der Waals surface area contributed by atoms with E-state index < -0.39 is 0 Å². The zero-order chi connectivity index (χ0) is 14.8. The molecule has 1 heterocycles. The van der Waals surface area contributed by atoms with Gasteiger partial charge in [-0.1, -0.05) is 12.1 Å². The first-order valence-corrected chi connectivity index (χ1v) is 7.03. The normalized spacial score (nSPS) is 17.0. The third kappa shape index (κ3) is 2.59. The van der Waals surface area contributed by atoms with E-state index in [1.165, 1.54) is 12.1 Å². The Labute approximate surface area is 123 Å². The number of hydrogen-bond acceptors (Lipinski definition) is 3. The van der Waals surface area contributed by atoms with Crippen LogP contribution in [0.2, 0.25) is 0 Å². The zero-order valence-electron chi connectivity index (χ0n) is 11.9. The molecule has 2 aromatic rings. The fourth-order valence-corrected chi connectivity index (χ4v) is 2.78. The lowest BCUT2D eigenvalue weighted by atomic mass is 9.91. The third-order valence-corrected chi connectivity index (χ3v) is 3.93. The zero-order valence-corrected chi connectivity index (χ0v) is 11.9. The van der Waals surface area contributed by atoms with Gasteiger partial charge in [-0.15, -0.1) is 0 Å². The molecule has 0 fully saturated rings. The van der Waals surface area contributed by atoms with Crippen molar-refractivity contribution >= 4 is 0 Å². The summed E-state index contributed by atoms with van der Waals surface area (Å²) < 4.78 is 24.6. The van der Waals surface area contributed by atoms with Crippen molar-refractivity contribution in [1.29, 1.82) is 0 Å². The van der Waals surface area contributed by atoms with Crippen LogP contribution in [0.15, 0.2) is 36.4 Å². The van der Waals surface area contributed by atoms with Crippen molar-refractivity contribution < 1.29 is 13.9 Å². The van der Waals surface area contributed by atoms with Crippen molar-refractivity contribution in [2.75, 3.05) is 20.3 Å². The molecule has 21 heavy (non-hydrogen) atoms. The van der Waals surface area contributed by atoms with Crippen LogP contribution < -0.4 is 15.2 Å². The van der Waals surface area contributed by atoms with Gasteiger partial charge in [0.2, 0.25) is 0 Å². The molecule has 0 aliphatic carbocycles. The van der Waals surface area contributed by atoms with Gasteiger partial charge in [0.25, 0.3) is 0 Å². The highest BCUT2D eigenvalue weighted by atomic mass is 19.1. The van der Waals surface area contributed by atoms with Crippen LogP contribution in [0.25, 0.3) is 11.1 Å². The van der Waals surface area contributed by atoms with E-state index in [2.05, 4.69) is 0 Å². The summed E-state index contributed by atoms with van der Waals surface area (Å²) in [5.74, 6) is 1.52. The summed E-state index contributed by atoms with van der Waals surface area (Å²) in [5.41, 5.74) is 8.53. The molecule has 0 bridgehead atoms. The molecule has 0 saturated carbocycles. The van der Waals surface area contributed by atoms with E-state index in [-0.39, 0.29) is 5.82 Å². The van der Waals surface area contributed by atoms with Crippen LogP contribution in [0, 0.1) is 5.82 Å². The number of hydrogen-bond donors (Lipinski definition) is 1. The average Bonchev–Trinajstić information content (AvgIpc) is 2.53. The number of fused-ring (bicyclic) bond motifs is 1. The molecule has 2 aromatic carbocycles. The topological polar surface area (TPSA) is 44.5 Å². The van der Waals surface area contributed by atoms with Gasteiger partial charge in [-0.25, -0.2) is 4.39 Å². The maximum atomic E-state index is 13.5. The Morgan fingerprint density at radius 3 is 2.90 bits per heavy atom. The molecule has 110 valence electrons. The second kappa shape index (κ2) is 5.74. The Kier molecular flexibility index (Phi) is 3.80. The van der Waals surface area contributed by atoms with E-state index in [1.54, 1.807) is 13.2 Å². The van der Waals surface area contributed by atoms with Crippen LogP contribution >= 0.6 is 0 Å². The van der Waals surface area contributed by atoms with Crippen molar-refractivity contribution in [2.45, 2.75) is 12.3 Å². The van der Waals surface area contributed by atoms with Crippen molar-refractivity contribution in [3.63, 3.8) is 0 Å². The minimum Gasteiger partial charge on any atom is -0.496 e. The second-order valence-electron chi connectivity index (χ2n) is 5.17. The summed E-state index contributed by atoms with van der Waals surface area (Å²) in [7, 11) is 1.58. The molecule has 1 aliphatic rings. The minimum absolute atomic E-state index is 0.288. The van der Waals surface area contributed by atoms with Gasteiger partial charge < -0.3 is 15.2 Å². The molecule has 1 atom stereocenters. The Hall–Kier alpha value is -2.07. The van der Waals surface area contributed by atoms with Crippen molar-refractivity contribution in [3.8, 4) is 22.6 Å². The van der Waals surface area contributed by atoms with E-state index in [0.29, 0.717) is 24.8 Å². The lowest BCUT2D eigenvalue weighted by Crippen LogP contribution is -2.20. The Morgan fingerprint density at radius 1 is 1.29 bits per heavy atom. The maximum absolute atomic E-state index is 13.5. The van der Waals surface area contributed by atoms with Crippen molar-refractivity contribution in [2.24, 2.45) is 5.73 Å². The lowest BCUT2D eigenvalue weighted by Gasteiger charge is -2.25. The molecule has 3 rings (SSSR count). The van der Waals surface area contributed by atoms with Crippen LogP contribution in [0.3, 0.4) is 0 Å². The molecule has 0 amide bonds. The third-order valence-electron chi connectivity index (χ3n) is 3.93. The van der Waals surface area contributed by atoms with Gasteiger partial charge in [-0.3, -0.25) is 0 Å². The number of halogens is 1. The standard InChI is InChI=1S/C17H18FNO2/c1-20-16-5-3-13(18)9-15(16)11-2-4-14-12(10-19)6-7-21-17(14)8-11/h2-5,8-9,12H,6-7,10,19H2,1H3/t12-/m0/s1. The fourth-order valence-electron chi connectivity index (χ4n) is 2.78. The van der Waals surface area contributed by atoms with Crippen molar-refractivity contribution in [1.82, 2.24) is 0 Å². The molecule has 1 aliphatic heterocycles. The molecule has 0 radical (unpaired) electrons. The first-order valence-electron chi connectivity index (χ1n) is 7.03. The van der Waals surface area contributed by atoms with Crippen LogP contribution in [0.4, 0.5) is 4.39 Å². The Bertz CT molecular complexity index is 657. The summed E-state index contributed by atoms with van der Waals surface area (Å²) in [6.45, 7) is 1.28. The van der Waals surface area contributed by atoms with E-state index in [9.17, 15) is 4.39 Å². The van der Waals surface area contributed by atoms with E-state index in [0.717, 1.165) is 28.9 Å². The van der Waals surface area contributed by atoms with Gasteiger partial charge in [0.1, 0.15) is 17.3 Å². The largest absolute Gasteiger partial charge is 0.496 e. The molecule has 0 saturated heterocycles. The number of rotatable bonds is 3. The maximum Gasteiger partial charge on any atom is 0.126 e. The predicted molar refractivity (Wildman–Crippen MR) is 80.3 cm³/mol. The first-order chi connectivity index (χ1) is 10.2. The molecular formula is C17H18FNO2. The second-order valence-corrected chi connectivity index (χ2v) is 5.17. The highest BCUT2D eigenvalue weighted by Crippen LogP contribution is 2.38. The molecule has 0 unspecified atom stereocenters. The van der Waals surface area contributed by atoms with Crippen LogP contribution in [0.5, 0.6) is 11.5 Å². The Balaban J connectivity index is 2.07. The smallest absolute Gasteiger partial charge is 0.126 e. The lowest BCUT2D eigenvalue weighted by molar-refractivity contribution is 0.269. The molecule has 3 nitrogen and oxygen atoms in total. The number of benzene rings is 2. The number of ether oxygens (including phenoxy) is 2. The summed E-state index contributed by atoms with van der Waals surface area (Å²) in [5, 5.41) is 0. The number of methoxy groups -OCH3 is 1. The molecule has 0 aromatic heterocycles. The molecular weight excluding hydrogens is 269 g/mol. The monoisotopic (exact) mass is 287 g/mol. The summed E-state index contributed by atoms with van der Waals surface area (Å²) in [4.78, 5) is 0. The van der Waals surface area contributed by atoms with Gasteiger partial charge >= 0.3 is 0 Å². The van der Waals surface area contributed by atoms with Crippen LogP contribution in [-0.4, -0.2) is 20.3 Å². The summed E-state index contributed by atoms with van der Waals surface area (Å²) in [6.07, 6.45) is 0.937. The molecule has 2 N–H and O–H groups in total. The van der Waals surface area contributed by atoms with Crippen LogP contribution in [0.1, 0.15) is 17.9 Å². The highest BCUT2D eigenvalue weighted by molar-refractivity contribution is 5.72. The van der Waals surface area contributed by atoms with Crippen molar-refractivity contribution in [3.05, 3.63) is 47.8 Å². The molecule has 4 heteroatoms. The van der Waals surface area contributed by atoms with E-state index in [4.69, 9.17) is 15.2 Å². The van der Waals surface area contributed by atoms with Gasteiger partial charge in [0.15, 0.2) is 0 Å². The SMILES string of the molecule is COc1ccc(F)cc1-c1ccc2c(c1)OCC[C@H]2CN. The van der Waals surface area contributed by atoms with E-state index >= 15 is 0 Å². The highest BCUT2D eigenvalue weighted by Gasteiger charge is 2.21. The Morgan fingerprint density at radius 2 is 2.14 bits per heavy atom. The minimum atomic E-state index is -0.288. The van der Waals surface area contributed by atoms with Gasteiger partial charge in [-0.05, 0) is 48.4 Å².